The van der Waals surface area contributed by atoms with Gasteiger partial charge in [0.25, 0.3) is 0 Å². The molecule has 0 saturated heterocycles. The molecule has 0 unspecified atom stereocenters. The van der Waals surface area contributed by atoms with Crippen LogP contribution in [0, 0.1) is 0 Å². The maximum absolute atomic E-state index is 11.9. The molecule has 0 amide bonds. The number of halogens is 5. The quantitative estimate of drug-likeness (QED) is 0.869. The minimum absolute atomic E-state index is 0.149. The zero-order chi connectivity index (χ0) is 11.5. The molecule has 1 nitrogen and oxygen atoms in total. The summed E-state index contributed by atoms with van der Waals surface area (Å²) in [5, 5.41) is 3.20. The summed E-state index contributed by atoms with van der Waals surface area (Å²) in [6.45, 7) is -0.149. The van der Waals surface area contributed by atoms with Crippen LogP contribution in [0.1, 0.15) is 6.42 Å². The highest BCUT2D eigenvalue weighted by atomic mass is 79.9. The highest BCUT2D eigenvalue weighted by Gasteiger charge is 2.26. The summed E-state index contributed by atoms with van der Waals surface area (Å²) in [7, 11) is 0. The van der Waals surface area contributed by atoms with Gasteiger partial charge in [-0.2, -0.15) is 13.2 Å². The molecule has 0 aliphatic rings. The molecule has 84 valence electrons. The predicted molar refractivity (Wildman–Crippen MR) is 58.3 cm³/mol. The van der Waals surface area contributed by atoms with E-state index < -0.39 is 12.6 Å². The fraction of sp³-hybridized carbons (Fsp3) is 0.333. The van der Waals surface area contributed by atoms with E-state index in [0.717, 1.165) is 0 Å². The molecule has 0 heterocycles. The summed E-state index contributed by atoms with van der Waals surface area (Å²) >= 11 is 8.89. The standard InChI is InChI=1S/C9H8BrClF3N/c10-7-5-6(11)1-2-8(7)15-4-3-9(12,13)14/h1-2,5,15H,3-4H2. The van der Waals surface area contributed by atoms with Gasteiger partial charge in [-0.15, -0.1) is 0 Å². The van der Waals surface area contributed by atoms with Crippen molar-refractivity contribution in [2.24, 2.45) is 0 Å². The van der Waals surface area contributed by atoms with Gasteiger partial charge in [-0.3, -0.25) is 0 Å². The molecule has 0 fully saturated rings. The van der Waals surface area contributed by atoms with Crippen molar-refractivity contribution < 1.29 is 13.2 Å². The molecule has 0 bridgehead atoms. The van der Waals surface area contributed by atoms with Crippen LogP contribution < -0.4 is 5.32 Å². The number of nitrogens with one attached hydrogen (secondary N) is 1. The van der Waals surface area contributed by atoms with Crippen molar-refractivity contribution in [3.05, 3.63) is 27.7 Å². The van der Waals surface area contributed by atoms with Crippen molar-refractivity contribution in [3.8, 4) is 0 Å². The average molecular weight is 303 g/mol. The van der Waals surface area contributed by atoms with Crippen molar-refractivity contribution >= 4 is 33.2 Å². The van der Waals surface area contributed by atoms with E-state index in [1.165, 1.54) is 0 Å². The number of anilines is 1. The van der Waals surface area contributed by atoms with Crippen LogP contribution in [0.25, 0.3) is 0 Å². The molecule has 0 spiro atoms. The monoisotopic (exact) mass is 301 g/mol. The maximum atomic E-state index is 11.9. The molecule has 6 heteroatoms. The van der Waals surface area contributed by atoms with Crippen LogP contribution in [0.4, 0.5) is 18.9 Å². The van der Waals surface area contributed by atoms with Gasteiger partial charge in [0.05, 0.1) is 6.42 Å². The van der Waals surface area contributed by atoms with Crippen molar-refractivity contribution in [2.45, 2.75) is 12.6 Å². The van der Waals surface area contributed by atoms with Crippen LogP contribution in [0.15, 0.2) is 22.7 Å². The Morgan fingerprint density at radius 3 is 2.53 bits per heavy atom. The third-order valence-electron chi connectivity index (χ3n) is 1.66. The summed E-state index contributed by atoms with van der Waals surface area (Å²) in [6, 6.07) is 4.86. The largest absolute Gasteiger partial charge is 0.390 e. The van der Waals surface area contributed by atoms with E-state index in [9.17, 15) is 13.2 Å². The molecule has 0 aromatic heterocycles. The van der Waals surface area contributed by atoms with Crippen molar-refractivity contribution in [3.63, 3.8) is 0 Å². The van der Waals surface area contributed by atoms with Crippen LogP contribution in [-0.4, -0.2) is 12.7 Å². The van der Waals surface area contributed by atoms with Gasteiger partial charge < -0.3 is 5.32 Å². The molecule has 1 N–H and O–H groups in total. The number of benzene rings is 1. The Bertz CT molecular complexity index is 341. The van der Waals surface area contributed by atoms with Gasteiger partial charge in [-0.25, -0.2) is 0 Å². The highest BCUT2D eigenvalue weighted by molar-refractivity contribution is 9.10. The van der Waals surface area contributed by atoms with E-state index in [4.69, 9.17) is 11.6 Å². The second-order valence-electron chi connectivity index (χ2n) is 2.92. The van der Waals surface area contributed by atoms with E-state index in [1.54, 1.807) is 18.2 Å². The van der Waals surface area contributed by atoms with Gasteiger partial charge in [0.2, 0.25) is 0 Å². The first-order chi connectivity index (χ1) is 6.88. The third-order valence-corrected chi connectivity index (χ3v) is 2.55. The molecule has 0 radical (unpaired) electrons. The molecule has 1 aromatic rings. The zero-order valence-corrected chi connectivity index (χ0v) is 9.88. The minimum Gasteiger partial charge on any atom is -0.384 e. The normalized spacial score (nSPS) is 11.5. The molecular weight excluding hydrogens is 294 g/mol. The summed E-state index contributed by atoms with van der Waals surface area (Å²) in [6.07, 6.45) is -4.99. The number of rotatable bonds is 3. The van der Waals surface area contributed by atoms with Crippen molar-refractivity contribution in [2.75, 3.05) is 11.9 Å². The van der Waals surface area contributed by atoms with Crippen molar-refractivity contribution in [1.29, 1.82) is 0 Å². The molecule has 1 aromatic carbocycles. The summed E-state index contributed by atoms with van der Waals surface area (Å²) in [5.74, 6) is 0. The van der Waals surface area contributed by atoms with E-state index in [0.29, 0.717) is 15.2 Å². The summed E-state index contributed by atoms with van der Waals surface area (Å²) < 4.78 is 36.2. The Morgan fingerprint density at radius 1 is 1.33 bits per heavy atom. The lowest BCUT2D eigenvalue weighted by atomic mass is 10.3. The van der Waals surface area contributed by atoms with Gasteiger partial charge in [-0.05, 0) is 34.1 Å². The fourth-order valence-corrected chi connectivity index (χ4v) is 1.79. The molecule has 15 heavy (non-hydrogen) atoms. The Kier molecular flexibility index (Phi) is 4.28. The van der Waals surface area contributed by atoms with Gasteiger partial charge in [0, 0.05) is 21.7 Å². The lowest BCUT2D eigenvalue weighted by molar-refractivity contribution is -0.131. The van der Waals surface area contributed by atoms with Gasteiger partial charge >= 0.3 is 6.18 Å². The van der Waals surface area contributed by atoms with Crippen LogP contribution in [-0.2, 0) is 0 Å². The third kappa shape index (κ3) is 4.75. The first-order valence-corrected chi connectivity index (χ1v) is 5.31. The maximum Gasteiger partial charge on any atom is 0.390 e. The van der Waals surface area contributed by atoms with Gasteiger partial charge in [0.1, 0.15) is 0 Å². The zero-order valence-electron chi connectivity index (χ0n) is 7.54. The van der Waals surface area contributed by atoms with E-state index >= 15 is 0 Å². The van der Waals surface area contributed by atoms with Crippen LogP contribution in [0.3, 0.4) is 0 Å². The van der Waals surface area contributed by atoms with Crippen LogP contribution >= 0.6 is 27.5 Å². The van der Waals surface area contributed by atoms with Crippen LogP contribution in [0.5, 0.6) is 0 Å². The predicted octanol–water partition coefficient (Wildman–Crippen LogP) is 4.47. The molecule has 0 aliphatic heterocycles. The topological polar surface area (TPSA) is 12.0 Å². The summed E-state index contributed by atoms with van der Waals surface area (Å²) in [4.78, 5) is 0. The van der Waals surface area contributed by atoms with E-state index in [-0.39, 0.29) is 6.54 Å². The highest BCUT2D eigenvalue weighted by Crippen LogP contribution is 2.26. The lowest BCUT2D eigenvalue weighted by Crippen LogP contribution is -2.14. The molecule has 1 rings (SSSR count). The number of alkyl halides is 3. The second-order valence-corrected chi connectivity index (χ2v) is 4.21. The first kappa shape index (κ1) is 12.6. The smallest absolute Gasteiger partial charge is 0.384 e. The van der Waals surface area contributed by atoms with E-state index in [2.05, 4.69) is 21.2 Å². The Hall–Kier alpha value is -0.420. The van der Waals surface area contributed by atoms with Gasteiger partial charge in [-0.1, -0.05) is 11.6 Å². The molecule has 0 saturated carbocycles. The van der Waals surface area contributed by atoms with E-state index in [1.807, 2.05) is 0 Å². The Labute approximate surface area is 98.7 Å². The van der Waals surface area contributed by atoms with Crippen LogP contribution in [0.2, 0.25) is 5.02 Å². The Morgan fingerprint density at radius 2 is 2.00 bits per heavy atom. The lowest BCUT2D eigenvalue weighted by Gasteiger charge is -2.10. The van der Waals surface area contributed by atoms with Crippen molar-refractivity contribution in [1.82, 2.24) is 0 Å². The van der Waals surface area contributed by atoms with Gasteiger partial charge in [0.15, 0.2) is 0 Å². The molecule has 0 aliphatic carbocycles. The SMILES string of the molecule is FC(F)(F)CCNc1ccc(Cl)cc1Br. The fourth-order valence-electron chi connectivity index (χ4n) is 0.972. The Balaban J connectivity index is 2.51. The minimum atomic E-state index is -4.13. The summed E-state index contributed by atoms with van der Waals surface area (Å²) in [5.41, 5.74) is 0.601. The average Bonchev–Trinajstić information content (AvgIpc) is 2.07. The number of hydrogen-bond donors (Lipinski definition) is 1. The molecule has 0 atom stereocenters. The second kappa shape index (κ2) is 5.07. The number of hydrogen-bond acceptors (Lipinski definition) is 1. The first-order valence-electron chi connectivity index (χ1n) is 4.14. The molecular formula is C9H8BrClF3N.